The van der Waals surface area contributed by atoms with Crippen molar-refractivity contribution in [1.82, 2.24) is 10.3 Å². The number of hydrogen-bond acceptors (Lipinski definition) is 5. The van der Waals surface area contributed by atoms with E-state index in [2.05, 4.69) is 4.98 Å². The summed E-state index contributed by atoms with van der Waals surface area (Å²) in [6.07, 6.45) is -7.22. The highest BCUT2D eigenvalue weighted by Gasteiger charge is 2.45. The number of Topliss-reactive ketones (excluding diaryl/α,β-unsaturated/α-hetero) is 1. The van der Waals surface area contributed by atoms with Crippen LogP contribution in [0.3, 0.4) is 0 Å². The SMILES string of the molecule is COc1ccccc1-c1ccc2c(n1)C(O)C(C(=O)c1ccccc1)=C(C(F)(F)F)NC2=O. The molecule has 0 bridgehead atoms. The number of benzene rings is 2. The molecule has 3 aromatic rings. The molecule has 9 heteroatoms. The summed E-state index contributed by atoms with van der Waals surface area (Å²) in [5.74, 6) is -1.77. The summed E-state index contributed by atoms with van der Waals surface area (Å²) in [6, 6.07) is 16.7. The predicted octanol–water partition coefficient (Wildman–Crippen LogP) is 4.23. The standard InChI is InChI=1S/C24H17F3N2O4/c1-33-17-10-6-5-9-14(17)16-12-11-15-19(28-16)21(31)18(20(30)13-7-3-2-4-8-13)22(24(25,26)27)29-23(15)32/h2-12,21,31H,1H3,(H,29,32). The molecule has 168 valence electrons. The highest BCUT2D eigenvalue weighted by atomic mass is 19.4. The molecule has 0 spiro atoms. The summed E-state index contributed by atoms with van der Waals surface area (Å²) >= 11 is 0. The molecule has 0 aliphatic carbocycles. The molecule has 4 rings (SSSR count). The van der Waals surface area contributed by atoms with Crippen molar-refractivity contribution >= 4 is 11.7 Å². The average Bonchev–Trinajstić information content (AvgIpc) is 2.93. The number of nitrogens with zero attached hydrogens (tertiary/aromatic N) is 1. The minimum Gasteiger partial charge on any atom is -0.496 e. The lowest BCUT2D eigenvalue weighted by Gasteiger charge is -2.19. The van der Waals surface area contributed by atoms with Gasteiger partial charge in [0.1, 0.15) is 17.6 Å². The third-order valence-electron chi connectivity index (χ3n) is 5.16. The Labute approximate surface area is 186 Å². The third kappa shape index (κ3) is 4.10. The summed E-state index contributed by atoms with van der Waals surface area (Å²) < 4.78 is 47.0. The van der Waals surface area contributed by atoms with E-state index in [4.69, 9.17) is 4.74 Å². The maximum Gasteiger partial charge on any atom is 0.431 e. The average molecular weight is 454 g/mol. The number of para-hydroxylation sites is 1. The molecule has 2 heterocycles. The largest absolute Gasteiger partial charge is 0.496 e. The van der Waals surface area contributed by atoms with Crippen molar-refractivity contribution in [2.24, 2.45) is 0 Å². The van der Waals surface area contributed by atoms with E-state index in [0.29, 0.717) is 11.3 Å². The second-order valence-electron chi connectivity index (χ2n) is 7.17. The van der Waals surface area contributed by atoms with Crippen LogP contribution in [0.25, 0.3) is 11.3 Å². The lowest BCUT2D eigenvalue weighted by molar-refractivity contribution is -0.0973. The first-order valence-corrected chi connectivity index (χ1v) is 9.77. The van der Waals surface area contributed by atoms with E-state index in [0.717, 1.165) is 0 Å². The number of aliphatic hydroxyl groups excluding tert-OH is 1. The summed E-state index contributed by atoms with van der Waals surface area (Å²) in [7, 11) is 1.44. The molecule has 1 aliphatic heterocycles. The normalized spacial score (nSPS) is 16.0. The number of rotatable bonds is 4. The number of carbonyl (C=O) groups excluding carboxylic acids is 2. The molecule has 33 heavy (non-hydrogen) atoms. The first-order valence-electron chi connectivity index (χ1n) is 9.77. The highest BCUT2D eigenvalue weighted by molar-refractivity contribution is 6.11. The predicted molar refractivity (Wildman–Crippen MR) is 113 cm³/mol. The quantitative estimate of drug-likeness (QED) is 0.576. The highest BCUT2D eigenvalue weighted by Crippen LogP contribution is 2.38. The van der Waals surface area contributed by atoms with Crippen LogP contribution in [-0.4, -0.2) is 35.1 Å². The van der Waals surface area contributed by atoms with E-state index in [1.165, 1.54) is 43.5 Å². The topological polar surface area (TPSA) is 88.5 Å². The molecule has 2 N–H and O–H groups in total. The Bertz CT molecular complexity index is 1270. The van der Waals surface area contributed by atoms with Gasteiger partial charge in [-0.3, -0.25) is 9.59 Å². The van der Waals surface area contributed by atoms with Crippen LogP contribution in [0.5, 0.6) is 5.75 Å². The Kier molecular flexibility index (Phi) is 5.73. The fourth-order valence-corrected chi connectivity index (χ4v) is 3.61. The zero-order valence-corrected chi connectivity index (χ0v) is 17.2. The van der Waals surface area contributed by atoms with Crippen LogP contribution in [0.1, 0.15) is 32.5 Å². The molecule has 1 aliphatic rings. The third-order valence-corrected chi connectivity index (χ3v) is 5.16. The van der Waals surface area contributed by atoms with Crippen molar-refractivity contribution < 1.29 is 32.6 Å². The van der Waals surface area contributed by atoms with E-state index in [-0.39, 0.29) is 22.5 Å². The zero-order valence-electron chi connectivity index (χ0n) is 17.2. The van der Waals surface area contributed by atoms with Gasteiger partial charge in [-0.15, -0.1) is 0 Å². The van der Waals surface area contributed by atoms with Gasteiger partial charge in [0.15, 0.2) is 5.78 Å². The number of halogens is 3. The number of fused-ring (bicyclic) bond motifs is 1. The number of hydrogen-bond donors (Lipinski definition) is 2. The van der Waals surface area contributed by atoms with Gasteiger partial charge < -0.3 is 15.2 Å². The van der Waals surface area contributed by atoms with Crippen molar-refractivity contribution in [2.45, 2.75) is 12.3 Å². The summed E-state index contributed by atoms with van der Waals surface area (Å²) in [6.45, 7) is 0. The van der Waals surface area contributed by atoms with Crippen LogP contribution in [0, 0.1) is 0 Å². The Balaban J connectivity index is 1.93. The van der Waals surface area contributed by atoms with Gasteiger partial charge in [0.2, 0.25) is 0 Å². The van der Waals surface area contributed by atoms with Crippen LogP contribution in [0.2, 0.25) is 0 Å². The minimum absolute atomic E-state index is 0.0770. The molecule has 2 aromatic carbocycles. The summed E-state index contributed by atoms with van der Waals surface area (Å²) in [5, 5.41) is 12.8. The second kappa shape index (κ2) is 8.51. The zero-order chi connectivity index (χ0) is 23.8. The van der Waals surface area contributed by atoms with Gasteiger partial charge in [-0.2, -0.15) is 13.2 Å². The molecule has 0 saturated heterocycles. The van der Waals surface area contributed by atoms with Crippen molar-refractivity contribution in [3.8, 4) is 17.0 Å². The minimum atomic E-state index is -5.11. The monoisotopic (exact) mass is 454 g/mol. The summed E-state index contributed by atoms with van der Waals surface area (Å²) in [5.41, 5.74) is -2.60. The second-order valence-corrected chi connectivity index (χ2v) is 7.17. The van der Waals surface area contributed by atoms with E-state index in [9.17, 15) is 27.9 Å². The van der Waals surface area contributed by atoms with Crippen molar-refractivity contribution in [3.63, 3.8) is 0 Å². The van der Waals surface area contributed by atoms with Gasteiger partial charge in [-0.1, -0.05) is 42.5 Å². The van der Waals surface area contributed by atoms with Crippen LogP contribution in [-0.2, 0) is 0 Å². The maximum absolute atomic E-state index is 13.9. The van der Waals surface area contributed by atoms with Gasteiger partial charge >= 0.3 is 6.18 Å². The number of methoxy groups -OCH3 is 1. The summed E-state index contributed by atoms with van der Waals surface area (Å²) in [4.78, 5) is 30.0. The van der Waals surface area contributed by atoms with Crippen LogP contribution in [0.15, 0.2) is 78.0 Å². The number of nitrogens with one attached hydrogen (secondary N) is 1. The van der Waals surface area contributed by atoms with Crippen LogP contribution in [0.4, 0.5) is 13.2 Å². The smallest absolute Gasteiger partial charge is 0.431 e. The number of ketones is 1. The number of aromatic nitrogens is 1. The van der Waals surface area contributed by atoms with Crippen LogP contribution >= 0.6 is 0 Å². The van der Waals surface area contributed by atoms with Gasteiger partial charge in [-0.25, -0.2) is 4.98 Å². The Morgan fingerprint density at radius 2 is 1.67 bits per heavy atom. The van der Waals surface area contributed by atoms with Crippen molar-refractivity contribution in [1.29, 1.82) is 0 Å². The van der Waals surface area contributed by atoms with E-state index in [1.807, 2.05) is 0 Å². The molecule has 1 unspecified atom stereocenters. The van der Waals surface area contributed by atoms with Gasteiger partial charge in [-0.05, 0) is 24.3 Å². The van der Waals surface area contributed by atoms with E-state index >= 15 is 0 Å². The lowest BCUT2D eigenvalue weighted by Crippen LogP contribution is -2.33. The fraction of sp³-hybridized carbons (Fsp3) is 0.125. The van der Waals surface area contributed by atoms with Gasteiger partial charge in [0, 0.05) is 11.1 Å². The Morgan fingerprint density at radius 1 is 1.00 bits per heavy atom. The van der Waals surface area contributed by atoms with E-state index < -0.39 is 35.2 Å². The molecule has 0 saturated carbocycles. The molecular formula is C24H17F3N2O4. The molecule has 1 atom stereocenters. The van der Waals surface area contributed by atoms with Crippen molar-refractivity contribution in [3.05, 3.63) is 94.8 Å². The molecule has 6 nitrogen and oxygen atoms in total. The number of amides is 1. The first-order chi connectivity index (χ1) is 15.7. The number of allylic oxidation sites excluding steroid dienone is 1. The molecule has 1 amide bonds. The van der Waals surface area contributed by atoms with Crippen molar-refractivity contribution in [2.75, 3.05) is 7.11 Å². The fourth-order valence-electron chi connectivity index (χ4n) is 3.61. The molecular weight excluding hydrogens is 437 g/mol. The number of aliphatic hydroxyl groups is 1. The van der Waals surface area contributed by atoms with Crippen LogP contribution < -0.4 is 10.1 Å². The Morgan fingerprint density at radius 3 is 2.33 bits per heavy atom. The Hall–Kier alpha value is -3.98. The number of pyridine rings is 1. The first kappa shape index (κ1) is 22.2. The number of carbonyl (C=O) groups is 2. The molecule has 0 radical (unpaired) electrons. The molecule has 0 fully saturated rings. The van der Waals surface area contributed by atoms with Gasteiger partial charge in [0.05, 0.1) is 29.6 Å². The lowest BCUT2D eigenvalue weighted by atomic mass is 9.93. The van der Waals surface area contributed by atoms with Gasteiger partial charge in [0.25, 0.3) is 5.91 Å². The number of ether oxygens (including phenoxy) is 1. The molecule has 1 aromatic heterocycles. The number of alkyl halides is 3. The maximum atomic E-state index is 13.9. The van der Waals surface area contributed by atoms with E-state index in [1.54, 1.807) is 35.6 Å².